The van der Waals surface area contributed by atoms with Crippen LogP contribution in [0.4, 0.5) is 5.69 Å². The van der Waals surface area contributed by atoms with Crippen LogP contribution in [-0.2, 0) is 4.79 Å². The van der Waals surface area contributed by atoms with Crippen molar-refractivity contribution in [3.63, 3.8) is 0 Å². The number of aromatic nitrogens is 4. The molecule has 0 saturated carbocycles. The second-order valence-electron chi connectivity index (χ2n) is 7.57. The quantitative estimate of drug-likeness (QED) is 0.316. The molecule has 2 heterocycles. The molecule has 0 aliphatic rings. The largest absolute Gasteiger partial charge is 0.497 e. The molecule has 0 bridgehead atoms. The molecule has 9 heteroatoms. The van der Waals surface area contributed by atoms with Crippen molar-refractivity contribution >= 4 is 23.4 Å². The number of ether oxygens (including phenoxy) is 1. The van der Waals surface area contributed by atoms with E-state index in [4.69, 9.17) is 10.00 Å². The molecule has 0 fully saturated rings. The maximum atomic E-state index is 13.5. The van der Waals surface area contributed by atoms with E-state index in [1.165, 1.54) is 11.8 Å². The van der Waals surface area contributed by atoms with E-state index in [1.54, 1.807) is 24.4 Å². The third-order valence-corrected chi connectivity index (χ3v) is 6.34. The van der Waals surface area contributed by atoms with Gasteiger partial charge in [-0.1, -0.05) is 30.0 Å². The van der Waals surface area contributed by atoms with Crippen LogP contribution in [0.25, 0.3) is 17.1 Å². The molecule has 2 aromatic heterocycles. The van der Waals surface area contributed by atoms with Gasteiger partial charge in [0.05, 0.1) is 24.8 Å². The Bertz CT molecular complexity index is 1300. The Kier molecular flexibility index (Phi) is 7.75. The third-order valence-electron chi connectivity index (χ3n) is 5.31. The van der Waals surface area contributed by atoms with Crippen molar-refractivity contribution in [1.29, 1.82) is 5.26 Å². The Labute approximate surface area is 208 Å². The summed E-state index contributed by atoms with van der Waals surface area (Å²) in [5, 5.41) is 18.1. The minimum Gasteiger partial charge on any atom is -0.497 e. The van der Waals surface area contributed by atoms with Gasteiger partial charge in [-0.3, -0.25) is 14.3 Å². The highest BCUT2D eigenvalue weighted by molar-refractivity contribution is 8.00. The lowest BCUT2D eigenvalue weighted by molar-refractivity contribution is -0.117. The summed E-state index contributed by atoms with van der Waals surface area (Å²) in [6.07, 6.45) is 3.65. The number of hydrogen-bond acceptors (Lipinski definition) is 7. The van der Waals surface area contributed by atoms with Gasteiger partial charge in [0.1, 0.15) is 5.75 Å². The number of methoxy groups -OCH3 is 1. The number of pyridine rings is 1. The Morgan fingerprint density at radius 3 is 2.46 bits per heavy atom. The van der Waals surface area contributed by atoms with Crippen molar-refractivity contribution in [2.45, 2.75) is 23.8 Å². The van der Waals surface area contributed by atoms with Gasteiger partial charge in [-0.25, -0.2) is 0 Å². The van der Waals surface area contributed by atoms with Gasteiger partial charge in [0.15, 0.2) is 11.0 Å². The van der Waals surface area contributed by atoms with Crippen molar-refractivity contribution < 1.29 is 9.53 Å². The number of para-hydroxylation sites is 1. The number of nitriles is 1. The van der Waals surface area contributed by atoms with Crippen LogP contribution in [-0.4, -0.2) is 44.6 Å². The minimum atomic E-state index is -0.472. The van der Waals surface area contributed by atoms with Gasteiger partial charge in [-0.05, 0) is 55.5 Å². The van der Waals surface area contributed by atoms with Crippen LogP contribution in [0.5, 0.6) is 5.75 Å². The van der Waals surface area contributed by atoms with E-state index in [0.29, 0.717) is 17.5 Å². The van der Waals surface area contributed by atoms with Crippen LogP contribution in [0, 0.1) is 11.3 Å². The molecule has 0 aliphatic heterocycles. The number of carbonyl (C=O) groups is 1. The van der Waals surface area contributed by atoms with Crippen molar-refractivity contribution in [3.8, 4) is 28.9 Å². The lowest BCUT2D eigenvalue weighted by atomic mass is 10.2. The minimum absolute atomic E-state index is 0.105. The highest BCUT2D eigenvalue weighted by Crippen LogP contribution is 2.32. The Hall–Kier alpha value is -4.16. The van der Waals surface area contributed by atoms with Gasteiger partial charge < -0.3 is 9.64 Å². The number of nitrogens with zero attached hydrogens (tertiary/aromatic N) is 6. The number of anilines is 1. The summed E-state index contributed by atoms with van der Waals surface area (Å²) in [5.74, 6) is 1.27. The van der Waals surface area contributed by atoms with Crippen LogP contribution in [0.3, 0.4) is 0 Å². The Morgan fingerprint density at radius 2 is 1.80 bits per heavy atom. The fraction of sp³-hybridized carbons (Fsp3) is 0.192. The maximum absolute atomic E-state index is 13.5. The van der Waals surface area contributed by atoms with Crippen LogP contribution < -0.4 is 9.64 Å². The molecule has 4 aromatic rings. The molecule has 4 rings (SSSR count). The molecule has 1 unspecified atom stereocenters. The average Bonchev–Trinajstić information content (AvgIpc) is 3.33. The molecule has 0 radical (unpaired) electrons. The first kappa shape index (κ1) is 24.0. The second-order valence-corrected chi connectivity index (χ2v) is 8.88. The number of benzene rings is 2. The van der Waals surface area contributed by atoms with E-state index in [-0.39, 0.29) is 12.3 Å². The molecular weight excluding hydrogens is 460 g/mol. The van der Waals surface area contributed by atoms with Crippen LogP contribution in [0.2, 0.25) is 0 Å². The zero-order valence-corrected chi connectivity index (χ0v) is 20.2. The molecule has 1 amide bonds. The van der Waals surface area contributed by atoms with E-state index in [1.807, 2.05) is 78.2 Å². The van der Waals surface area contributed by atoms with Gasteiger partial charge in [-0.15, -0.1) is 10.2 Å². The second kappa shape index (κ2) is 11.3. The van der Waals surface area contributed by atoms with E-state index in [0.717, 1.165) is 22.7 Å². The molecular formula is C26H24N6O2S. The molecule has 0 saturated heterocycles. The summed E-state index contributed by atoms with van der Waals surface area (Å²) >= 11 is 1.32. The molecule has 35 heavy (non-hydrogen) atoms. The van der Waals surface area contributed by atoms with Crippen LogP contribution in [0.1, 0.15) is 13.3 Å². The van der Waals surface area contributed by atoms with Crippen LogP contribution in [0.15, 0.2) is 84.3 Å². The number of hydrogen-bond donors (Lipinski definition) is 0. The SMILES string of the molecule is COc1ccc(-n2c(SC(C)C(=O)N(CCC#N)c3ccccc3)nnc2-c2ccncc2)cc1. The summed E-state index contributed by atoms with van der Waals surface area (Å²) in [6.45, 7) is 2.16. The summed E-state index contributed by atoms with van der Waals surface area (Å²) in [4.78, 5) is 19.2. The predicted octanol–water partition coefficient (Wildman–Crippen LogP) is 4.77. The molecule has 1 atom stereocenters. The first-order valence-corrected chi connectivity index (χ1v) is 11.9. The zero-order chi connectivity index (χ0) is 24.6. The van der Waals surface area contributed by atoms with Gasteiger partial charge >= 0.3 is 0 Å². The summed E-state index contributed by atoms with van der Waals surface area (Å²) in [5.41, 5.74) is 2.46. The fourth-order valence-corrected chi connectivity index (χ4v) is 4.49. The van der Waals surface area contributed by atoms with E-state index in [2.05, 4.69) is 21.3 Å². The molecule has 2 aromatic carbocycles. The first-order valence-electron chi connectivity index (χ1n) is 11.0. The van der Waals surface area contributed by atoms with Crippen molar-refractivity contribution in [3.05, 3.63) is 79.1 Å². The normalized spacial score (nSPS) is 11.5. The Morgan fingerprint density at radius 1 is 1.09 bits per heavy atom. The Balaban J connectivity index is 1.68. The van der Waals surface area contributed by atoms with Gasteiger partial charge in [-0.2, -0.15) is 5.26 Å². The zero-order valence-electron chi connectivity index (χ0n) is 19.4. The predicted molar refractivity (Wildman–Crippen MR) is 135 cm³/mol. The number of rotatable bonds is 9. The van der Waals surface area contributed by atoms with Gasteiger partial charge in [0.2, 0.25) is 5.91 Å². The molecule has 8 nitrogen and oxygen atoms in total. The van der Waals surface area contributed by atoms with E-state index >= 15 is 0 Å². The molecule has 0 spiro atoms. The van der Waals surface area contributed by atoms with Crippen molar-refractivity contribution in [1.82, 2.24) is 19.7 Å². The topological polar surface area (TPSA) is 96.9 Å². The van der Waals surface area contributed by atoms with Gasteiger partial charge in [0, 0.05) is 35.9 Å². The number of thioether (sulfide) groups is 1. The van der Waals surface area contributed by atoms with Crippen LogP contribution >= 0.6 is 11.8 Å². The smallest absolute Gasteiger partial charge is 0.240 e. The average molecular weight is 485 g/mol. The first-order chi connectivity index (χ1) is 17.1. The number of carbonyl (C=O) groups excluding carboxylic acids is 1. The maximum Gasteiger partial charge on any atom is 0.240 e. The molecule has 0 aliphatic carbocycles. The van der Waals surface area contributed by atoms with Gasteiger partial charge in [0.25, 0.3) is 0 Å². The number of amides is 1. The summed E-state index contributed by atoms with van der Waals surface area (Å²) in [6, 6.07) is 22.8. The highest BCUT2D eigenvalue weighted by atomic mass is 32.2. The lowest BCUT2D eigenvalue weighted by Crippen LogP contribution is -2.37. The van der Waals surface area contributed by atoms with E-state index < -0.39 is 5.25 Å². The standard InChI is InChI=1S/C26H24N6O2S/c1-19(25(33)31(18-6-15-27)21-7-4-3-5-8-21)35-26-30-29-24(20-13-16-28-17-14-20)32(26)22-9-11-23(34-2)12-10-22/h3-5,7-14,16-17,19H,6,18H2,1-2H3. The van der Waals surface area contributed by atoms with Crippen molar-refractivity contribution in [2.75, 3.05) is 18.6 Å². The fourth-order valence-electron chi connectivity index (χ4n) is 3.56. The molecule has 176 valence electrons. The molecule has 0 N–H and O–H groups in total. The summed E-state index contributed by atoms with van der Waals surface area (Å²) in [7, 11) is 1.62. The monoisotopic (exact) mass is 484 g/mol. The highest BCUT2D eigenvalue weighted by Gasteiger charge is 2.26. The third kappa shape index (κ3) is 5.50. The van der Waals surface area contributed by atoms with Crippen molar-refractivity contribution in [2.24, 2.45) is 0 Å². The van der Waals surface area contributed by atoms with E-state index in [9.17, 15) is 4.79 Å². The summed E-state index contributed by atoms with van der Waals surface area (Å²) < 4.78 is 7.22. The lowest BCUT2D eigenvalue weighted by Gasteiger charge is -2.25.